The summed E-state index contributed by atoms with van der Waals surface area (Å²) < 4.78 is 5.28. The molecule has 0 spiro atoms. The molecule has 0 radical (unpaired) electrons. The number of para-hydroxylation sites is 2. The minimum atomic E-state index is -0.514. The fraction of sp³-hybridized carbons (Fsp3) is 0.0667. The molecule has 2 rings (SSSR count). The zero-order valence-electron chi connectivity index (χ0n) is 10.7. The zero-order chi connectivity index (χ0) is 14.5. The van der Waals surface area contributed by atoms with E-state index in [1.807, 2.05) is 0 Å². The highest BCUT2D eigenvalue weighted by atomic mass is 35.5. The first-order valence-electron chi connectivity index (χ1n) is 5.90. The van der Waals surface area contributed by atoms with Crippen molar-refractivity contribution in [2.45, 2.75) is 6.92 Å². The van der Waals surface area contributed by atoms with Gasteiger partial charge in [-0.1, -0.05) is 23.7 Å². The Hall–Kier alpha value is -2.33. The average molecular weight is 290 g/mol. The summed E-state index contributed by atoms with van der Waals surface area (Å²) in [5, 5.41) is 3.14. The van der Waals surface area contributed by atoms with Gasteiger partial charge in [-0.3, -0.25) is 4.79 Å². The third kappa shape index (κ3) is 3.59. The van der Waals surface area contributed by atoms with Crippen molar-refractivity contribution in [2.24, 2.45) is 0 Å². The zero-order valence-corrected chi connectivity index (χ0v) is 11.5. The molecule has 2 aromatic carbocycles. The van der Waals surface area contributed by atoms with Crippen molar-refractivity contribution < 1.29 is 14.3 Å². The smallest absolute Gasteiger partial charge is 0.343 e. The van der Waals surface area contributed by atoms with E-state index < -0.39 is 5.97 Å². The average Bonchev–Trinajstić information content (AvgIpc) is 2.41. The van der Waals surface area contributed by atoms with Crippen molar-refractivity contribution >= 4 is 29.2 Å². The maximum atomic E-state index is 12.0. The van der Waals surface area contributed by atoms with Crippen LogP contribution >= 0.6 is 11.6 Å². The van der Waals surface area contributed by atoms with Gasteiger partial charge >= 0.3 is 5.97 Å². The van der Waals surface area contributed by atoms with Gasteiger partial charge in [-0.05, 0) is 36.4 Å². The van der Waals surface area contributed by atoms with Gasteiger partial charge in [0.05, 0.1) is 11.3 Å². The van der Waals surface area contributed by atoms with Gasteiger partial charge in [-0.2, -0.15) is 0 Å². The highest BCUT2D eigenvalue weighted by molar-refractivity contribution is 6.30. The summed E-state index contributed by atoms with van der Waals surface area (Å²) in [6.07, 6.45) is 0. The van der Waals surface area contributed by atoms with Crippen molar-refractivity contribution in [3.8, 4) is 5.75 Å². The Morgan fingerprint density at radius 2 is 1.70 bits per heavy atom. The molecule has 1 N–H and O–H groups in total. The summed E-state index contributed by atoms with van der Waals surface area (Å²) in [5.41, 5.74) is 0.828. The highest BCUT2D eigenvalue weighted by Gasteiger charge is 2.11. The monoisotopic (exact) mass is 289 g/mol. The topological polar surface area (TPSA) is 55.4 Å². The van der Waals surface area contributed by atoms with Crippen LogP contribution in [0.5, 0.6) is 5.75 Å². The molecule has 1 amide bonds. The van der Waals surface area contributed by atoms with Crippen molar-refractivity contribution in [2.75, 3.05) is 5.32 Å². The molecule has 2 aromatic rings. The number of ether oxygens (including phenoxy) is 1. The van der Waals surface area contributed by atoms with E-state index in [2.05, 4.69) is 5.32 Å². The first-order chi connectivity index (χ1) is 9.56. The lowest BCUT2D eigenvalue weighted by molar-refractivity contribution is -0.114. The summed E-state index contributed by atoms with van der Waals surface area (Å²) in [6, 6.07) is 13.1. The molecule has 0 unspecified atom stereocenters. The lowest BCUT2D eigenvalue weighted by Crippen LogP contribution is -2.12. The molecular formula is C15H12ClNO3. The number of rotatable bonds is 3. The predicted molar refractivity (Wildman–Crippen MR) is 77.2 cm³/mol. The quantitative estimate of drug-likeness (QED) is 0.695. The third-order valence-electron chi connectivity index (χ3n) is 2.48. The molecule has 0 atom stereocenters. The molecule has 0 fully saturated rings. The summed E-state index contributed by atoms with van der Waals surface area (Å²) in [7, 11) is 0. The number of carbonyl (C=O) groups is 2. The second-order valence-corrected chi connectivity index (χ2v) is 4.51. The maximum absolute atomic E-state index is 12.0. The molecule has 5 heteroatoms. The molecule has 0 heterocycles. The fourth-order valence-electron chi connectivity index (χ4n) is 1.59. The number of benzene rings is 2. The minimum absolute atomic E-state index is 0.236. The Bertz CT molecular complexity index is 638. The Balaban J connectivity index is 2.19. The lowest BCUT2D eigenvalue weighted by Gasteiger charge is -2.10. The Labute approximate surface area is 121 Å². The van der Waals surface area contributed by atoms with Crippen LogP contribution in [0.3, 0.4) is 0 Å². The van der Waals surface area contributed by atoms with Gasteiger partial charge in [0.15, 0.2) is 5.75 Å². The van der Waals surface area contributed by atoms with Crippen molar-refractivity contribution in [3.05, 3.63) is 59.1 Å². The summed E-state index contributed by atoms with van der Waals surface area (Å²) in [4.78, 5) is 23.1. The number of hydrogen-bond acceptors (Lipinski definition) is 3. The van der Waals surface area contributed by atoms with Crippen LogP contribution in [0.2, 0.25) is 5.02 Å². The normalized spacial score (nSPS) is 9.90. The fourth-order valence-corrected chi connectivity index (χ4v) is 1.72. The van der Waals surface area contributed by atoms with E-state index in [1.165, 1.54) is 6.92 Å². The number of amides is 1. The van der Waals surface area contributed by atoms with Crippen LogP contribution in [0.1, 0.15) is 17.3 Å². The van der Waals surface area contributed by atoms with Crippen molar-refractivity contribution in [1.82, 2.24) is 0 Å². The van der Waals surface area contributed by atoms with Gasteiger partial charge in [-0.15, -0.1) is 0 Å². The van der Waals surface area contributed by atoms with Crippen LogP contribution in [0, 0.1) is 0 Å². The molecule has 20 heavy (non-hydrogen) atoms. The number of nitrogens with one attached hydrogen (secondary N) is 1. The van der Waals surface area contributed by atoms with E-state index in [1.54, 1.807) is 48.5 Å². The van der Waals surface area contributed by atoms with Gasteiger partial charge in [0.1, 0.15) is 0 Å². The maximum Gasteiger partial charge on any atom is 0.343 e. The first kappa shape index (κ1) is 14.1. The standard InChI is InChI=1S/C15H12ClNO3/c1-10(18)17-13-4-2-3-5-14(13)20-15(19)11-6-8-12(16)9-7-11/h2-9H,1H3,(H,17,18). The van der Waals surface area contributed by atoms with Crippen molar-refractivity contribution in [1.29, 1.82) is 0 Å². The van der Waals surface area contributed by atoms with Crippen LogP contribution in [-0.4, -0.2) is 11.9 Å². The van der Waals surface area contributed by atoms with Crippen LogP contribution in [0.4, 0.5) is 5.69 Å². The van der Waals surface area contributed by atoms with E-state index in [0.717, 1.165) is 0 Å². The molecule has 0 bridgehead atoms. The van der Waals surface area contributed by atoms with Gasteiger partial charge in [0.25, 0.3) is 0 Å². The second-order valence-electron chi connectivity index (χ2n) is 4.07. The van der Waals surface area contributed by atoms with Crippen molar-refractivity contribution in [3.63, 3.8) is 0 Å². The molecule has 0 aromatic heterocycles. The van der Waals surface area contributed by atoms with E-state index in [0.29, 0.717) is 22.0 Å². The molecule has 4 nitrogen and oxygen atoms in total. The highest BCUT2D eigenvalue weighted by Crippen LogP contribution is 2.24. The number of anilines is 1. The summed E-state index contributed by atoms with van der Waals surface area (Å²) >= 11 is 5.76. The van der Waals surface area contributed by atoms with Gasteiger partial charge in [-0.25, -0.2) is 4.79 Å². The molecule has 0 aliphatic carbocycles. The molecule has 0 saturated heterocycles. The van der Waals surface area contributed by atoms with Gasteiger partial charge < -0.3 is 10.1 Å². The minimum Gasteiger partial charge on any atom is -0.421 e. The number of carbonyl (C=O) groups excluding carboxylic acids is 2. The van der Waals surface area contributed by atoms with Crippen LogP contribution < -0.4 is 10.1 Å². The second kappa shape index (κ2) is 6.21. The number of hydrogen-bond donors (Lipinski definition) is 1. The third-order valence-corrected chi connectivity index (χ3v) is 2.73. The van der Waals surface area contributed by atoms with E-state index in [-0.39, 0.29) is 5.91 Å². The molecule has 102 valence electrons. The number of halogens is 1. The van der Waals surface area contributed by atoms with E-state index >= 15 is 0 Å². The molecule has 0 saturated carbocycles. The first-order valence-corrected chi connectivity index (χ1v) is 6.28. The van der Waals surface area contributed by atoms with Crippen LogP contribution in [0.25, 0.3) is 0 Å². The number of esters is 1. The summed E-state index contributed by atoms with van der Waals surface area (Å²) in [5.74, 6) is -0.456. The van der Waals surface area contributed by atoms with Gasteiger partial charge in [0, 0.05) is 11.9 Å². The lowest BCUT2D eigenvalue weighted by atomic mass is 10.2. The van der Waals surface area contributed by atoms with Crippen LogP contribution in [0.15, 0.2) is 48.5 Å². The van der Waals surface area contributed by atoms with Crippen LogP contribution in [-0.2, 0) is 4.79 Å². The largest absolute Gasteiger partial charge is 0.421 e. The summed E-state index contributed by atoms with van der Waals surface area (Å²) in [6.45, 7) is 1.39. The van der Waals surface area contributed by atoms with Gasteiger partial charge in [0.2, 0.25) is 5.91 Å². The predicted octanol–water partition coefficient (Wildman–Crippen LogP) is 3.52. The Morgan fingerprint density at radius 1 is 1.05 bits per heavy atom. The molecule has 0 aliphatic rings. The van der Waals surface area contributed by atoms with E-state index in [4.69, 9.17) is 16.3 Å². The molecule has 0 aliphatic heterocycles. The molecular weight excluding hydrogens is 278 g/mol. The SMILES string of the molecule is CC(=O)Nc1ccccc1OC(=O)c1ccc(Cl)cc1. The Kier molecular flexibility index (Phi) is 4.38. The Morgan fingerprint density at radius 3 is 2.35 bits per heavy atom. The van der Waals surface area contributed by atoms with E-state index in [9.17, 15) is 9.59 Å².